The van der Waals surface area contributed by atoms with Crippen LogP contribution in [0, 0.1) is 11.7 Å². The van der Waals surface area contributed by atoms with Crippen LogP contribution in [0.25, 0.3) is 11.0 Å². The highest BCUT2D eigenvalue weighted by molar-refractivity contribution is 5.76. The van der Waals surface area contributed by atoms with E-state index in [1.807, 2.05) is 11.6 Å². The third-order valence-corrected chi connectivity index (χ3v) is 4.45. The van der Waals surface area contributed by atoms with Gasteiger partial charge in [-0.15, -0.1) is 0 Å². The standard InChI is InChI=1S/C15H20FN3/c1-10-5-7-15(17,8-6-10)14-18-12-9-11(16)3-4-13(12)19(14)2/h3-4,9-10H,5-8,17H2,1-2H3. The van der Waals surface area contributed by atoms with Crippen molar-refractivity contribution in [2.24, 2.45) is 18.7 Å². The number of halogens is 1. The maximum absolute atomic E-state index is 13.3. The Morgan fingerprint density at radius 2 is 2.05 bits per heavy atom. The van der Waals surface area contributed by atoms with E-state index in [2.05, 4.69) is 11.9 Å². The molecule has 2 aromatic rings. The molecule has 19 heavy (non-hydrogen) atoms. The number of imidazole rings is 1. The molecule has 1 aliphatic carbocycles. The molecular weight excluding hydrogens is 241 g/mol. The highest BCUT2D eigenvalue weighted by atomic mass is 19.1. The maximum atomic E-state index is 13.3. The van der Waals surface area contributed by atoms with E-state index >= 15 is 0 Å². The molecule has 0 atom stereocenters. The van der Waals surface area contributed by atoms with Gasteiger partial charge in [-0.1, -0.05) is 6.92 Å². The minimum absolute atomic E-state index is 0.250. The van der Waals surface area contributed by atoms with Gasteiger partial charge in [0.25, 0.3) is 0 Å². The number of nitrogens with zero attached hydrogens (tertiary/aromatic N) is 2. The van der Waals surface area contributed by atoms with Crippen molar-refractivity contribution in [3.63, 3.8) is 0 Å². The first-order valence-corrected chi connectivity index (χ1v) is 6.91. The SMILES string of the molecule is CC1CCC(N)(c2nc3cc(F)ccc3n2C)CC1. The fourth-order valence-electron chi connectivity index (χ4n) is 3.12. The molecule has 1 aliphatic rings. The van der Waals surface area contributed by atoms with Gasteiger partial charge in [0.15, 0.2) is 0 Å². The fourth-order valence-corrected chi connectivity index (χ4v) is 3.12. The van der Waals surface area contributed by atoms with Gasteiger partial charge >= 0.3 is 0 Å². The molecule has 0 amide bonds. The van der Waals surface area contributed by atoms with Gasteiger partial charge in [-0.3, -0.25) is 0 Å². The predicted octanol–water partition coefficient (Wildman–Crippen LogP) is 3.08. The van der Waals surface area contributed by atoms with Gasteiger partial charge in [0.2, 0.25) is 0 Å². The van der Waals surface area contributed by atoms with Gasteiger partial charge < -0.3 is 10.3 Å². The zero-order chi connectivity index (χ0) is 13.6. The van der Waals surface area contributed by atoms with Gasteiger partial charge in [-0.2, -0.15) is 0 Å². The summed E-state index contributed by atoms with van der Waals surface area (Å²) in [6, 6.07) is 4.73. The monoisotopic (exact) mass is 261 g/mol. The van der Waals surface area contributed by atoms with E-state index in [0.717, 1.165) is 42.9 Å². The van der Waals surface area contributed by atoms with Gasteiger partial charge in [-0.05, 0) is 43.7 Å². The van der Waals surface area contributed by atoms with Crippen molar-refractivity contribution in [1.82, 2.24) is 9.55 Å². The fraction of sp³-hybridized carbons (Fsp3) is 0.533. The second-order valence-electron chi connectivity index (χ2n) is 5.97. The predicted molar refractivity (Wildman–Crippen MR) is 74.2 cm³/mol. The molecule has 4 heteroatoms. The van der Waals surface area contributed by atoms with Crippen molar-refractivity contribution in [2.75, 3.05) is 0 Å². The Balaban J connectivity index is 2.07. The number of nitrogens with two attached hydrogens (primary N) is 1. The Labute approximate surface area is 112 Å². The maximum Gasteiger partial charge on any atom is 0.129 e. The average Bonchev–Trinajstić information content (AvgIpc) is 2.71. The molecule has 102 valence electrons. The summed E-state index contributed by atoms with van der Waals surface area (Å²) in [5, 5.41) is 0. The van der Waals surface area contributed by atoms with Crippen molar-refractivity contribution >= 4 is 11.0 Å². The van der Waals surface area contributed by atoms with Crippen molar-refractivity contribution < 1.29 is 4.39 Å². The Hall–Kier alpha value is -1.42. The topological polar surface area (TPSA) is 43.8 Å². The van der Waals surface area contributed by atoms with Crippen molar-refractivity contribution in [3.8, 4) is 0 Å². The van der Waals surface area contributed by atoms with E-state index in [9.17, 15) is 4.39 Å². The first kappa shape index (κ1) is 12.6. The second kappa shape index (κ2) is 4.30. The third-order valence-electron chi connectivity index (χ3n) is 4.45. The van der Waals surface area contributed by atoms with Crippen molar-refractivity contribution in [3.05, 3.63) is 29.8 Å². The van der Waals surface area contributed by atoms with E-state index in [1.54, 1.807) is 6.07 Å². The lowest BCUT2D eigenvalue weighted by Crippen LogP contribution is -2.42. The van der Waals surface area contributed by atoms with E-state index in [-0.39, 0.29) is 11.4 Å². The number of aromatic nitrogens is 2. The number of fused-ring (bicyclic) bond motifs is 1. The molecule has 1 heterocycles. The summed E-state index contributed by atoms with van der Waals surface area (Å²) in [7, 11) is 1.97. The molecular formula is C15H20FN3. The van der Waals surface area contributed by atoms with E-state index in [0.29, 0.717) is 5.52 Å². The lowest BCUT2D eigenvalue weighted by Gasteiger charge is -2.35. The quantitative estimate of drug-likeness (QED) is 0.857. The minimum Gasteiger partial charge on any atom is -0.330 e. The third kappa shape index (κ3) is 2.04. The van der Waals surface area contributed by atoms with Crippen LogP contribution in [0.3, 0.4) is 0 Å². The van der Waals surface area contributed by atoms with Crippen LogP contribution >= 0.6 is 0 Å². The lowest BCUT2D eigenvalue weighted by atomic mass is 9.77. The normalized spacial score (nSPS) is 27.9. The molecule has 0 aliphatic heterocycles. The molecule has 0 bridgehead atoms. The summed E-state index contributed by atoms with van der Waals surface area (Å²) in [5.41, 5.74) is 7.84. The van der Waals surface area contributed by atoms with Gasteiger partial charge in [-0.25, -0.2) is 9.37 Å². The zero-order valence-electron chi connectivity index (χ0n) is 11.5. The summed E-state index contributed by atoms with van der Waals surface area (Å²) in [4.78, 5) is 4.59. The summed E-state index contributed by atoms with van der Waals surface area (Å²) in [5.74, 6) is 1.38. The van der Waals surface area contributed by atoms with Crippen LogP contribution in [0.15, 0.2) is 18.2 Å². The molecule has 1 aromatic carbocycles. The van der Waals surface area contributed by atoms with E-state index < -0.39 is 0 Å². The van der Waals surface area contributed by atoms with Crippen molar-refractivity contribution in [1.29, 1.82) is 0 Å². The molecule has 1 saturated carbocycles. The van der Waals surface area contributed by atoms with Crippen LogP contribution in [0.5, 0.6) is 0 Å². The van der Waals surface area contributed by atoms with Crippen LogP contribution in [0.4, 0.5) is 4.39 Å². The van der Waals surface area contributed by atoms with E-state index in [4.69, 9.17) is 5.73 Å². The number of aryl methyl sites for hydroxylation is 1. The Bertz CT molecular complexity index is 609. The van der Waals surface area contributed by atoms with Crippen LogP contribution in [0.2, 0.25) is 0 Å². The molecule has 0 radical (unpaired) electrons. The van der Waals surface area contributed by atoms with Crippen LogP contribution in [-0.2, 0) is 12.6 Å². The van der Waals surface area contributed by atoms with Crippen molar-refractivity contribution in [2.45, 2.75) is 38.1 Å². The molecule has 3 rings (SSSR count). The first-order valence-electron chi connectivity index (χ1n) is 6.91. The summed E-state index contributed by atoms with van der Waals surface area (Å²) >= 11 is 0. The number of hydrogen-bond acceptors (Lipinski definition) is 2. The Kier molecular flexibility index (Phi) is 2.86. The molecule has 2 N–H and O–H groups in total. The highest BCUT2D eigenvalue weighted by Crippen LogP contribution is 2.37. The Morgan fingerprint density at radius 3 is 2.74 bits per heavy atom. The first-order chi connectivity index (χ1) is 8.99. The van der Waals surface area contributed by atoms with Crippen LogP contribution in [-0.4, -0.2) is 9.55 Å². The second-order valence-corrected chi connectivity index (χ2v) is 5.97. The molecule has 3 nitrogen and oxygen atoms in total. The zero-order valence-corrected chi connectivity index (χ0v) is 11.5. The summed E-state index contributed by atoms with van der Waals surface area (Å²) in [6.07, 6.45) is 4.17. The molecule has 0 spiro atoms. The van der Waals surface area contributed by atoms with E-state index in [1.165, 1.54) is 12.1 Å². The summed E-state index contributed by atoms with van der Waals surface area (Å²) in [6.45, 7) is 2.27. The lowest BCUT2D eigenvalue weighted by molar-refractivity contribution is 0.233. The summed E-state index contributed by atoms with van der Waals surface area (Å²) < 4.78 is 15.3. The molecule has 0 unspecified atom stereocenters. The molecule has 1 aromatic heterocycles. The largest absolute Gasteiger partial charge is 0.330 e. The highest BCUT2D eigenvalue weighted by Gasteiger charge is 2.35. The van der Waals surface area contributed by atoms with Crippen LogP contribution in [0.1, 0.15) is 38.4 Å². The van der Waals surface area contributed by atoms with Crippen LogP contribution < -0.4 is 5.73 Å². The molecule has 0 saturated heterocycles. The van der Waals surface area contributed by atoms with Gasteiger partial charge in [0.05, 0.1) is 16.6 Å². The van der Waals surface area contributed by atoms with Gasteiger partial charge in [0.1, 0.15) is 11.6 Å². The molecule has 1 fully saturated rings. The number of benzene rings is 1. The Morgan fingerprint density at radius 1 is 1.37 bits per heavy atom. The van der Waals surface area contributed by atoms with Gasteiger partial charge in [0, 0.05) is 13.1 Å². The number of rotatable bonds is 1. The minimum atomic E-state index is -0.364. The smallest absolute Gasteiger partial charge is 0.129 e. The average molecular weight is 261 g/mol. The number of hydrogen-bond donors (Lipinski definition) is 1.